The SMILES string of the molecule is Cc1ccc(NC(=O)COC(=O)/C=C/c2cc3ccccc3o2)cc1. The number of carbonyl (C=O) groups is 2. The number of furan rings is 1. The number of para-hydroxylation sites is 1. The number of benzene rings is 2. The van der Waals surface area contributed by atoms with E-state index in [1.165, 1.54) is 12.2 Å². The summed E-state index contributed by atoms with van der Waals surface area (Å²) in [4.78, 5) is 23.5. The Kier molecular flexibility index (Phi) is 4.95. The summed E-state index contributed by atoms with van der Waals surface area (Å²) in [7, 11) is 0. The van der Waals surface area contributed by atoms with Gasteiger partial charge in [0.2, 0.25) is 0 Å². The quantitative estimate of drug-likeness (QED) is 0.566. The smallest absolute Gasteiger partial charge is 0.331 e. The predicted molar refractivity (Wildman–Crippen MR) is 96.0 cm³/mol. The maximum Gasteiger partial charge on any atom is 0.331 e. The molecule has 3 aromatic rings. The average Bonchev–Trinajstić information content (AvgIpc) is 3.03. The van der Waals surface area contributed by atoms with Gasteiger partial charge in [0.05, 0.1) is 0 Å². The van der Waals surface area contributed by atoms with Gasteiger partial charge in [0.1, 0.15) is 11.3 Å². The van der Waals surface area contributed by atoms with E-state index in [0.717, 1.165) is 16.5 Å². The maximum atomic E-state index is 11.8. The highest BCUT2D eigenvalue weighted by atomic mass is 16.5. The van der Waals surface area contributed by atoms with E-state index in [1.54, 1.807) is 12.1 Å². The van der Waals surface area contributed by atoms with E-state index in [9.17, 15) is 9.59 Å². The Morgan fingerprint density at radius 1 is 1.12 bits per heavy atom. The van der Waals surface area contributed by atoms with Gasteiger partial charge in [-0.2, -0.15) is 0 Å². The fourth-order valence-corrected chi connectivity index (χ4v) is 2.25. The minimum absolute atomic E-state index is 0.350. The van der Waals surface area contributed by atoms with E-state index in [-0.39, 0.29) is 6.61 Å². The van der Waals surface area contributed by atoms with E-state index < -0.39 is 11.9 Å². The summed E-state index contributed by atoms with van der Waals surface area (Å²) in [6.45, 7) is 1.61. The van der Waals surface area contributed by atoms with Gasteiger partial charge in [-0.15, -0.1) is 0 Å². The molecule has 1 heterocycles. The van der Waals surface area contributed by atoms with Crippen molar-refractivity contribution < 1.29 is 18.7 Å². The van der Waals surface area contributed by atoms with Gasteiger partial charge in [-0.05, 0) is 37.3 Å². The van der Waals surface area contributed by atoms with E-state index in [0.29, 0.717) is 11.4 Å². The summed E-state index contributed by atoms with van der Waals surface area (Å²) in [5, 5.41) is 3.61. The molecule has 0 saturated heterocycles. The highest BCUT2D eigenvalue weighted by molar-refractivity contribution is 5.94. The van der Waals surface area contributed by atoms with Crippen molar-refractivity contribution in [2.75, 3.05) is 11.9 Å². The third-order valence-electron chi connectivity index (χ3n) is 3.51. The number of hydrogen-bond donors (Lipinski definition) is 1. The summed E-state index contributed by atoms with van der Waals surface area (Å²) in [5.41, 5.74) is 2.50. The Hall–Kier alpha value is -3.34. The number of hydrogen-bond acceptors (Lipinski definition) is 4. The largest absolute Gasteiger partial charge is 0.457 e. The number of esters is 1. The van der Waals surface area contributed by atoms with Crippen molar-refractivity contribution in [1.82, 2.24) is 0 Å². The molecule has 0 saturated carbocycles. The molecule has 0 bridgehead atoms. The normalized spacial score (nSPS) is 10.9. The van der Waals surface area contributed by atoms with Crippen LogP contribution < -0.4 is 5.32 Å². The number of aryl methyl sites for hydroxylation is 1. The molecule has 25 heavy (non-hydrogen) atoms. The van der Waals surface area contributed by atoms with Gasteiger partial charge >= 0.3 is 5.97 Å². The van der Waals surface area contributed by atoms with E-state index in [1.807, 2.05) is 49.4 Å². The van der Waals surface area contributed by atoms with Gasteiger partial charge in [0.25, 0.3) is 5.91 Å². The highest BCUT2D eigenvalue weighted by Crippen LogP contribution is 2.19. The first-order valence-corrected chi connectivity index (χ1v) is 7.80. The molecule has 126 valence electrons. The first kappa shape index (κ1) is 16.5. The van der Waals surface area contributed by atoms with Crippen LogP contribution in [0.25, 0.3) is 17.0 Å². The van der Waals surface area contributed by atoms with Crippen LogP contribution in [0.1, 0.15) is 11.3 Å². The molecule has 1 aromatic heterocycles. The summed E-state index contributed by atoms with van der Waals surface area (Å²) in [5.74, 6) is -0.462. The lowest BCUT2D eigenvalue weighted by Crippen LogP contribution is -2.20. The van der Waals surface area contributed by atoms with E-state index in [4.69, 9.17) is 9.15 Å². The van der Waals surface area contributed by atoms with Gasteiger partial charge in [0.15, 0.2) is 6.61 Å². The van der Waals surface area contributed by atoms with Crippen molar-refractivity contribution in [3.8, 4) is 0 Å². The van der Waals surface area contributed by atoms with Crippen LogP contribution in [0.3, 0.4) is 0 Å². The first-order chi connectivity index (χ1) is 12.1. The average molecular weight is 335 g/mol. The van der Waals surface area contributed by atoms with E-state index in [2.05, 4.69) is 5.32 Å². The van der Waals surface area contributed by atoms with Crippen LogP contribution >= 0.6 is 0 Å². The fourth-order valence-electron chi connectivity index (χ4n) is 2.25. The van der Waals surface area contributed by atoms with Crippen LogP contribution in [-0.4, -0.2) is 18.5 Å². The van der Waals surface area contributed by atoms with Gasteiger partial charge in [0, 0.05) is 17.1 Å². The van der Waals surface area contributed by atoms with E-state index >= 15 is 0 Å². The number of carbonyl (C=O) groups excluding carboxylic acids is 2. The maximum absolute atomic E-state index is 11.8. The van der Waals surface area contributed by atoms with Crippen molar-refractivity contribution in [2.45, 2.75) is 6.92 Å². The Balaban J connectivity index is 1.50. The second-order valence-electron chi connectivity index (χ2n) is 5.54. The van der Waals surface area contributed by atoms with Gasteiger partial charge < -0.3 is 14.5 Å². The zero-order valence-electron chi connectivity index (χ0n) is 13.7. The van der Waals surface area contributed by atoms with Crippen molar-refractivity contribution >= 4 is 34.6 Å². The standard InChI is InChI=1S/C20H17NO4/c1-14-6-8-16(9-7-14)21-19(22)13-24-20(23)11-10-17-12-15-4-2-3-5-18(15)25-17/h2-12H,13H2,1H3,(H,21,22)/b11-10+. The Labute approximate surface area is 144 Å². The zero-order valence-corrected chi connectivity index (χ0v) is 13.7. The molecular formula is C20H17NO4. The summed E-state index contributed by atoms with van der Waals surface area (Å²) in [6, 6.07) is 16.7. The second kappa shape index (κ2) is 7.49. The lowest BCUT2D eigenvalue weighted by molar-refractivity contribution is -0.142. The number of rotatable bonds is 5. The molecule has 0 atom stereocenters. The molecule has 5 nitrogen and oxygen atoms in total. The monoisotopic (exact) mass is 335 g/mol. The predicted octanol–water partition coefficient (Wildman–Crippen LogP) is 3.94. The van der Waals surface area contributed by atoms with Gasteiger partial charge in [-0.3, -0.25) is 4.79 Å². The molecule has 0 spiro atoms. The topological polar surface area (TPSA) is 68.5 Å². The molecule has 0 aliphatic heterocycles. The van der Waals surface area contributed by atoms with Crippen LogP contribution in [0.5, 0.6) is 0 Å². The molecule has 1 amide bonds. The summed E-state index contributed by atoms with van der Waals surface area (Å²) in [6.07, 6.45) is 2.75. The Morgan fingerprint density at radius 3 is 2.64 bits per heavy atom. The first-order valence-electron chi connectivity index (χ1n) is 7.80. The number of ether oxygens (including phenoxy) is 1. The van der Waals surface area contributed by atoms with Crippen LogP contribution in [0.15, 0.2) is 65.1 Å². The van der Waals surface area contributed by atoms with Crippen molar-refractivity contribution in [2.24, 2.45) is 0 Å². The van der Waals surface area contributed by atoms with Crippen LogP contribution in [0.2, 0.25) is 0 Å². The Bertz CT molecular complexity index is 889. The second-order valence-corrected chi connectivity index (χ2v) is 5.54. The molecule has 0 aliphatic carbocycles. The fraction of sp³-hybridized carbons (Fsp3) is 0.100. The molecule has 3 rings (SSSR count). The molecule has 0 radical (unpaired) electrons. The number of nitrogens with one attached hydrogen (secondary N) is 1. The van der Waals surface area contributed by atoms with Crippen molar-refractivity contribution in [3.05, 3.63) is 72.0 Å². The molecular weight excluding hydrogens is 318 g/mol. The third-order valence-corrected chi connectivity index (χ3v) is 3.51. The number of anilines is 1. The third kappa shape index (κ3) is 4.57. The molecule has 0 unspecified atom stereocenters. The lowest BCUT2D eigenvalue weighted by atomic mass is 10.2. The summed E-state index contributed by atoms with van der Waals surface area (Å²) < 4.78 is 10.5. The number of amides is 1. The minimum atomic E-state index is -0.612. The molecule has 0 aliphatic rings. The van der Waals surface area contributed by atoms with Gasteiger partial charge in [-0.25, -0.2) is 4.79 Å². The van der Waals surface area contributed by atoms with Crippen molar-refractivity contribution in [1.29, 1.82) is 0 Å². The Morgan fingerprint density at radius 2 is 1.88 bits per heavy atom. The molecule has 0 fully saturated rings. The summed E-state index contributed by atoms with van der Waals surface area (Å²) >= 11 is 0. The zero-order chi connectivity index (χ0) is 17.6. The van der Waals surface area contributed by atoms with Crippen molar-refractivity contribution in [3.63, 3.8) is 0 Å². The molecule has 2 aromatic carbocycles. The van der Waals surface area contributed by atoms with Crippen LogP contribution in [0, 0.1) is 6.92 Å². The number of fused-ring (bicyclic) bond motifs is 1. The van der Waals surface area contributed by atoms with Gasteiger partial charge in [-0.1, -0.05) is 35.9 Å². The van der Waals surface area contributed by atoms with Crippen LogP contribution in [-0.2, 0) is 14.3 Å². The van der Waals surface area contributed by atoms with Crippen LogP contribution in [0.4, 0.5) is 5.69 Å². The molecule has 5 heteroatoms. The highest BCUT2D eigenvalue weighted by Gasteiger charge is 2.06. The molecule has 1 N–H and O–H groups in total. The lowest BCUT2D eigenvalue weighted by Gasteiger charge is -2.05. The minimum Gasteiger partial charge on any atom is -0.457 e.